The Labute approximate surface area is 107 Å². The van der Waals surface area contributed by atoms with Gasteiger partial charge in [-0.2, -0.15) is 13.5 Å². The fourth-order valence-corrected chi connectivity index (χ4v) is 2.43. The molecule has 1 aromatic rings. The largest absolute Gasteiger partial charge is 0.317 e. The maximum atomic E-state index is 11.0. The maximum absolute atomic E-state index is 11.0. The van der Waals surface area contributed by atoms with Gasteiger partial charge in [0.05, 0.1) is 24.6 Å². The van der Waals surface area contributed by atoms with Crippen molar-refractivity contribution in [3.05, 3.63) is 17.5 Å². The van der Waals surface area contributed by atoms with E-state index in [0.29, 0.717) is 6.04 Å². The van der Waals surface area contributed by atoms with Crippen LogP contribution in [0.5, 0.6) is 0 Å². The summed E-state index contributed by atoms with van der Waals surface area (Å²) in [5, 5.41) is 7.75. The molecule has 102 valence electrons. The van der Waals surface area contributed by atoms with Gasteiger partial charge in [0.2, 0.25) is 0 Å². The lowest BCUT2D eigenvalue weighted by Crippen LogP contribution is -2.29. The van der Waals surface area contributed by atoms with Gasteiger partial charge in [0.25, 0.3) is 10.1 Å². The minimum Gasteiger partial charge on any atom is -0.317 e. The number of aromatic nitrogens is 2. The Balaban J connectivity index is 2.06. The molecule has 1 saturated heterocycles. The quantitative estimate of drug-likeness (QED) is 0.813. The van der Waals surface area contributed by atoms with Gasteiger partial charge < -0.3 is 5.32 Å². The van der Waals surface area contributed by atoms with E-state index in [0.717, 1.165) is 43.4 Å². The molecule has 18 heavy (non-hydrogen) atoms. The second-order valence-electron chi connectivity index (χ2n) is 4.67. The minimum atomic E-state index is -3.40. The van der Waals surface area contributed by atoms with Gasteiger partial charge in [0.15, 0.2) is 0 Å². The molecule has 1 aliphatic rings. The Kier molecular flexibility index (Phi) is 4.04. The summed E-state index contributed by atoms with van der Waals surface area (Å²) in [4.78, 5) is 0. The summed E-state index contributed by atoms with van der Waals surface area (Å²) in [5.74, 6) is 0. The van der Waals surface area contributed by atoms with Gasteiger partial charge >= 0.3 is 0 Å². The van der Waals surface area contributed by atoms with E-state index in [4.69, 9.17) is 4.18 Å². The fraction of sp³-hybridized carbons (Fsp3) is 0.727. The number of nitrogens with zero attached hydrogens (tertiary/aromatic N) is 2. The molecular weight excluding hydrogens is 254 g/mol. The van der Waals surface area contributed by atoms with Gasteiger partial charge in [0.1, 0.15) is 0 Å². The van der Waals surface area contributed by atoms with Crippen LogP contribution in [0, 0.1) is 6.92 Å². The SMILES string of the molecule is Cc1nn(C2CCNCC2)cc1COS(C)(=O)=O. The zero-order valence-electron chi connectivity index (χ0n) is 10.7. The third-order valence-electron chi connectivity index (χ3n) is 3.13. The molecule has 2 heterocycles. The monoisotopic (exact) mass is 273 g/mol. The Hall–Kier alpha value is -0.920. The highest BCUT2D eigenvalue weighted by Crippen LogP contribution is 2.20. The molecular formula is C11H19N3O3S. The molecule has 1 aliphatic heterocycles. The minimum absolute atomic E-state index is 0.0651. The number of nitrogens with one attached hydrogen (secondary N) is 1. The van der Waals surface area contributed by atoms with Gasteiger partial charge in [-0.1, -0.05) is 0 Å². The van der Waals surface area contributed by atoms with E-state index in [9.17, 15) is 8.42 Å². The summed E-state index contributed by atoms with van der Waals surface area (Å²) in [6, 6.07) is 0.400. The molecule has 7 heteroatoms. The van der Waals surface area contributed by atoms with Gasteiger partial charge in [-0.3, -0.25) is 8.86 Å². The summed E-state index contributed by atoms with van der Waals surface area (Å²) < 4.78 is 28.7. The summed E-state index contributed by atoms with van der Waals surface area (Å²) in [7, 11) is -3.40. The van der Waals surface area contributed by atoms with Crippen molar-refractivity contribution < 1.29 is 12.6 Å². The van der Waals surface area contributed by atoms with Crippen LogP contribution >= 0.6 is 0 Å². The van der Waals surface area contributed by atoms with E-state index in [-0.39, 0.29) is 6.61 Å². The first-order valence-corrected chi connectivity index (χ1v) is 7.87. The molecule has 1 aromatic heterocycles. The maximum Gasteiger partial charge on any atom is 0.264 e. The lowest BCUT2D eigenvalue weighted by molar-refractivity contribution is 0.310. The Morgan fingerprint density at radius 2 is 2.17 bits per heavy atom. The van der Waals surface area contributed by atoms with Crippen LogP contribution in [0.3, 0.4) is 0 Å². The van der Waals surface area contributed by atoms with Crippen molar-refractivity contribution in [2.75, 3.05) is 19.3 Å². The molecule has 0 saturated carbocycles. The molecule has 1 N–H and O–H groups in total. The predicted octanol–water partition coefficient (Wildman–Crippen LogP) is 0.592. The Morgan fingerprint density at radius 1 is 1.50 bits per heavy atom. The van der Waals surface area contributed by atoms with E-state index < -0.39 is 10.1 Å². The van der Waals surface area contributed by atoms with Crippen molar-refractivity contribution in [2.45, 2.75) is 32.4 Å². The highest BCUT2D eigenvalue weighted by Gasteiger charge is 2.17. The third kappa shape index (κ3) is 3.54. The van der Waals surface area contributed by atoms with E-state index >= 15 is 0 Å². The number of aryl methyl sites for hydroxylation is 1. The molecule has 2 rings (SSSR count). The molecule has 1 fully saturated rings. The van der Waals surface area contributed by atoms with Crippen LogP contribution in [-0.2, 0) is 20.9 Å². The lowest BCUT2D eigenvalue weighted by atomic mass is 10.1. The number of hydrogen-bond acceptors (Lipinski definition) is 5. The zero-order chi connectivity index (χ0) is 13.2. The molecule has 0 atom stereocenters. The van der Waals surface area contributed by atoms with E-state index in [2.05, 4.69) is 10.4 Å². The highest BCUT2D eigenvalue weighted by molar-refractivity contribution is 7.85. The van der Waals surface area contributed by atoms with Gasteiger partial charge in [-0.15, -0.1) is 0 Å². The van der Waals surface area contributed by atoms with E-state index in [1.54, 1.807) is 0 Å². The Bertz CT molecular complexity index is 504. The van der Waals surface area contributed by atoms with E-state index in [1.807, 2.05) is 17.8 Å². The summed E-state index contributed by atoms with van der Waals surface area (Å²) in [5.41, 5.74) is 1.66. The summed E-state index contributed by atoms with van der Waals surface area (Å²) in [6.07, 6.45) is 5.05. The molecule has 0 amide bonds. The lowest BCUT2D eigenvalue weighted by Gasteiger charge is -2.22. The molecule has 0 radical (unpaired) electrons. The fourth-order valence-electron chi connectivity index (χ4n) is 2.09. The summed E-state index contributed by atoms with van der Waals surface area (Å²) in [6.45, 7) is 3.94. The van der Waals surface area contributed by atoms with Crippen LogP contribution in [0.25, 0.3) is 0 Å². The van der Waals surface area contributed by atoms with Crippen molar-refractivity contribution in [1.29, 1.82) is 0 Å². The van der Waals surface area contributed by atoms with E-state index in [1.165, 1.54) is 0 Å². The van der Waals surface area contributed by atoms with Crippen LogP contribution < -0.4 is 5.32 Å². The second kappa shape index (κ2) is 5.38. The normalized spacial score (nSPS) is 18.1. The average molecular weight is 273 g/mol. The molecule has 6 nitrogen and oxygen atoms in total. The van der Waals surface area contributed by atoms with Gasteiger partial charge in [-0.05, 0) is 32.9 Å². The van der Waals surface area contributed by atoms with Gasteiger partial charge in [-0.25, -0.2) is 0 Å². The first-order valence-electron chi connectivity index (χ1n) is 6.05. The smallest absolute Gasteiger partial charge is 0.264 e. The molecule has 0 bridgehead atoms. The molecule has 0 unspecified atom stereocenters. The van der Waals surface area contributed by atoms with Crippen molar-refractivity contribution in [1.82, 2.24) is 15.1 Å². The first-order chi connectivity index (χ1) is 8.46. The number of piperidine rings is 1. The second-order valence-corrected chi connectivity index (χ2v) is 6.31. The van der Waals surface area contributed by atoms with Gasteiger partial charge in [0, 0.05) is 11.8 Å². The molecule has 0 aromatic carbocycles. The van der Waals surface area contributed by atoms with Crippen LogP contribution in [0.1, 0.15) is 30.1 Å². The van der Waals surface area contributed by atoms with Crippen molar-refractivity contribution in [3.8, 4) is 0 Å². The average Bonchev–Trinajstić information content (AvgIpc) is 2.68. The Morgan fingerprint density at radius 3 is 2.78 bits per heavy atom. The van der Waals surface area contributed by atoms with Crippen LogP contribution in [0.2, 0.25) is 0 Å². The van der Waals surface area contributed by atoms with Crippen LogP contribution in [0.4, 0.5) is 0 Å². The van der Waals surface area contributed by atoms with Crippen molar-refractivity contribution in [2.24, 2.45) is 0 Å². The summed E-state index contributed by atoms with van der Waals surface area (Å²) >= 11 is 0. The molecule has 0 aliphatic carbocycles. The zero-order valence-corrected chi connectivity index (χ0v) is 11.5. The first kappa shape index (κ1) is 13.5. The molecule has 0 spiro atoms. The highest BCUT2D eigenvalue weighted by atomic mass is 32.2. The third-order valence-corrected chi connectivity index (χ3v) is 3.68. The standard InChI is InChI=1S/C11H19N3O3S/c1-9-10(8-17-18(2,15)16)7-14(13-9)11-3-5-12-6-4-11/h7,11-12H,3-6,8H2,1-2H3. The topological polar surface area (TPSA) is 73.2 Å². The van der Waals surface area contributed by atoms with Crippen LogP contribution in [-0.4, -0.2) is 37.5 Å². The predicted molar refractivity (Wildman–Crippen MR) is 67.7 cm³/mol. The van der Waals surface area contributed by atoms with Crippen molar-refractivity contribution in [3.63, 3.8) is 0 Å². The van der Waals surface area contributed by atoms with Crippen LogP contribution in [0.15, 0.2) is 6.20 Å². The number of hydrogen-bond donors (Lipinski definition) is 1. The number of rotatable bonds is 4. The van der Waals surface area contributed by atoms with Crippen molar-refractivity contribution >= 4 is 10.1 Å².